The van der Waals surface area contributed by atoms with Gasteiger partial charge in [0.1, 0.15) is 17.5 Å². The number of imide groups is 2. The number of carbonyl (C=O) groups excluding carboxylic acids is 5. The lowest BCUT2D eigenvalue weighted by Gasteiger charge is -2.59. The summed E-state index contributed by atoms with van der Waals surface area (Å²) >= 11 is 0. The van der Waals surface area contributed by atoms with E-state index in [0.29, 0.717) is 54.1 Å². The Kier molecular flexibility index (Phi) is 12.7. The Labute approximate surface area is 385 Å². The predicted molar refractivity (Wildman–Crippen MR) is 248 cm³/mol. The molecule has 1 atom stereocenters. The van der Waals surface area contributed by atoms with Gasteiger partial charge in [-0.05, 0) is 119 Å². The van der Waals surface area contributed by atoms with Gasteiger partial charge in [-0.2, -0.15) is 0 Å². The minimum Gasteiger partial charge on any atom is -0.496 e. The van der Waals surface area contributed by atoms with Crippen LogP contribution in [0.1, 0.15) is 75.9 Å². The number of aromatic nitrogens is 1. The van der Waals surface area contributed by atoms with Crippen molar-refractivity contribution in [3.63, 3.8) is 0 Å². The van der Waals surface area contributed by atoms with Crippen molar-refractivity contribution in [3.05, 3.63) is 74.7 Å². The van der Waals surface area contributed by atoms with Gasteiger partial charge in [0.2, 0.25) is 11.8 Å². The number of fused-ring (bicyclic) bond motifs is 2. The second-order valence-corrected chi connectivity index (χ2v) is 19.6. The predicted octanol–water partition coefficient (Wildman–Crippen LogP) is 2.91. The highest BCUT2D eigenvalue weighted by Crippen LogP contribution is 2.51. The quantitative estimate of drug-likeness (QED) is 0.180. The van der Waals surface area contributed by atoms with Crippen molar-refractivity contribution >= 4 is 35.3 Å². The van der Waals surface area contributed by atoms with E-state index in [-0.39, 0.29) is 36.9 Å². The fourth-order valence-corrected chi connectivity index (χ4v) is 11.4. The fraction of sp³-hybridized carbons (Fsp3) is 0.551. The molecule has 2 aromatic carbocycles. The van der Waals surface area contributed by atoms with Gasteiger partial charge in [0, 0.05) is 95.4 Å². The number of unbranched alkanes of at least 4 members (excludes halogenated alkanes) is 1. The molecule has 17 heteroatoms. The molecular weight excluding hydrogens is 843 g/mol. The number of hydrogen-bond acceptors (Lipinski definition) is 12. The number of methoxy groups -OCH3 is 2. The van der Waals surface area contributed by atoms with Crippen LogP contribution >= 0.6 is 0 Å². The maximum atomic E-state index is 13.5. The maximum Gasteiger partial charge on any atom is 0.317 e. The zero-order valence-corrected chi connectivity index (χ0v) is 39.0. The molecule has 1 spiro atoms. The highest BCUT2D eigenvalue weighted by atomic mass is 16.5. The van der Waals surface area contributed by atoms with Gasteiger partial charge in [-0.3, -0.25) is 39.1 Å². The van der Waals surface area contributed by atoms with Crippen LogP contribution in [0.15, 0.2) is 41.3 Å². The summed E-state index contributed by atoms with van der Waals surface area (Å²) in [5.74, 6) is -0.0272. The van der Waals surface area contributed by atoms with Crippen LogP contribution in [0.2, 0.25) is 0 Å². The average molecular weight is 906 g/mol. The van der Waals surface area contributed by atoms with Gasteiger partial charge < -0.3 is 39.0 Å². The number of urea groups is 1. The maximum absolute atomic E-state index is 13.5. The number of pyridine rings is 1. The number of rotatable bonds is 14. The number of benzene rings is 2. The summed E-state index contributed by atoms with van der Waals surface area (Å²) < 4.78 is 13.2. The molecule has 0 radical (unpaired) electrons. The number of carbonyl (C=O) groups is 5. The normalized spacial score (nSPS) is 20.9. The molecule has 66 heavy (non-hydrogen) atoms. The van der Waals surface area contributed by atoms with Crippen molar-refractivity contribution in [1.82, 2.24) is 39.7 Å². The Bertz CT molecular complexity index is 2460. The number of aryl methyl sites for hydroxylation is 1. The highest BCUT2D eigenvalue weighted by Gasteiger charge is 2.51. The second kappa shape index (κ2) is 18.5. The van der Waals surface area contributed by atoms with Gasteiger partial charge in [-0.1, -0.05) is 0 Å². The molecule has 9 rings (SSSR count). The molecule has 2 N–H and O–H groups in total. The topological polar surface area (TPSA) is 169 Å². The first-order valence-corrected chi connectivity index (χ1v) is 23.4. The summed E-state index contributed by atoms with van der Waals surface area (Å²) in [6.07, 6.45) is 7.25. The van der Waals surface area contributed by atoms with Crippen LogP contribution in [-0.4, -0.2) is 159 Å². The molecule has 0 bridgehead atoms. The number of nitrogens with one attached hydrogen (secondary N) is 2. The molecule has 3 saturated heterocycles. The molecule has 1 unspecified atom stereocenters. The molecule has 17 nitrogen and oxygen atoms in total. The number of anilines is 1. The van der Waals surface area contributed by atoms with E-state index in [4.69, 9.17) is 9.47 Å². The van der Waals surface area contributed by atoms with Crippen LogP contribution in [0.25, 0.3) is 11.1 Å². The summed E-state index contributed by atoms with van der Waals surface area (Å²) in [6, 6.07) is 8.29. The third kappa shape index (κ3) is 8.79. The SMILES string of the molecule is COc1cc(-c2cn(C)c(=O)c3c2CCN(C(=O)NCC2CC4(C2)CN(CCCCN2CCN(c5ccc6c(c5)C(=O)N(C5CCC(=O)NC5=O)C6=O)CC2)C4)C3)cc(OC)c1CN(C)C. The van der Waals surface area contributed by atoms with E-state index in [1.54, 1.807) is 42.9 Å². The molecule has 5 aliphatic heterocycles. The third-order valence-corrected chi connectivity index (χ3v) is 14.7. The van der Waals surface area contributed by atoms with Crippen LogP contribution in [0.4, 0.5) is 10.5 Å². The number of ether oxygens (including phenoxy) is 2. The number of hydrogen-bond donors (Lipinski definition) is 2. The van der Waals surface area contributed by atoms with Crippen molar-refractivity contribution in [2.24, 2.45) is 18.4 Å². The lowest BCUT2D eigenvalue weighted by Crippen LogP contribution is -2.63. The van der Waals surface area contributed by atoms with Crippen molar-refractivity contribution in [2.45, 2.75) is 64.1 Å². The number of piperidine rings is 1. The molecule has 1 aromatic heterocycles. The first-order valence-electron chi connectivity index (χ1n) is 23.4. The second-order valence-electron chi connectivity index (χ2n) is 19.6. The first kappa shape index (κ1) is 45.4. The average Bonchev–Trinajstić information content (AvgIpc) is 3.53. The van der Waals surface area contributed by atoms with Crippen molar-refractivity contribution in [3.8, 4) is 22.6 Å². The lowest BCUT2D eigenvalue weighted by molar-refractivity contribution is -0.136. The van der Waals surface area contributed by atoms with E-state index >= 15 is 0 Å². The molecule has 6 heterocycles. The molecule has 1 saturated carbocycles. The minimum atomic E-state index is -0.968. The number of nitrogens with zero attached hydrogens (tertiary/aromatic N) is 7. The monoisotopic (exact) mass is 905 g/mol. The van der Waals surface area contributed by atoms with E-state index in [2.05, 4.69) is 30.2 Å². The number of amides is 6. The smallest absolute Gasteiger partial charge is 0.317 e. The van der Waals surface area contributed by atoms with E-state index in [1.807, 2.05) is 38.5 Å². The van der Waals surface area contributed by atoms with Crippen LogP contribution in [0.5, 0.6) is 11.5 Å². The van der Waals surface area contributed by atoms with Crippen LogP contribution in [0, 0.1) is 11.3 Å². The zero-order chi connectivity index (χ0) is 46.4. The summed E-state index contributed by atoms with van der Waals surface area (Å²) in [4.78, 5) is 89.6. The standard InChI is InChI=1S/C49H63N9O8/c1-52(2)26-39-41(65-4)20-32(21-42(39)66-5)37-27-53(3)45(61)38-28-57(15-12-34(37)38)48(64)50-25-31-23-49(24-31)29-55(30-49)14-7-6-13-54-16-18-56(19-17-54)33-8-9-35-36(22-33)47(63)58(46(35)62)40-10-11-43(59)51-44(40)60/h8-9,20-22,27,31,40H,6-7,10-19,23-26,28-30H2,1-5H3,(H,50,64)(H,51,59,60). The summed E-state index contributed by atoms with van der Waals surface area (Å²) in [5.41, 5.74) is 6.25. The van der Waals surface area contributed by atoms with E-state index in [9.17, 15) is 28.8 Å². The van der Waals surface area contributed by atoms with Gasteiger partial charge in [-0.25, -0.2) is 4.79 Å². The van der Waals surface area contributed by atoms with Crippen LogP contribution < -0.4 is 30.6 Å². The molecule has 1 aliphatic carbocycles. The van der Waals surface area contributed by atoms with Crippen LogP contribution in [-0.2, 0) is 36.1 Å². The van der Waals surface area contributed by atoms with Crippen molar-refractivity contribution < 1.29 is 33.4 Å². The van der Waals surface area contributed by atoms with Gasteiger partial charge in [-0.15, -0.1) is 0 Å². The summed E-state index contributed by atoms with van der Waals surface area (Å²) in [5, 5.41) is 5.45. The van der Waals surface area contributed by atoms with E-state index in [0.717, 1.165) is 122 Å². The van der Waals surface area contributed by atoms with Gasteiger partial charge >= 0.3 is 6.03 Å². The first-order chi connectivity index (χ1) is 31.7. The number of piperazine rings is 1. The fourth-order valence-electron chi connectivity index (χ4n) is 11.4. The highest BCUT2D eigenvalue weighted by molar-refractivity contribution is 6.23. The Morgan fingerprint density at radius 3 is 2.18 bits per heavy atom. The molecule has 352 valence electrons. The van der Waals surface area contributed by atoms with Crippen molar-refractivity contribution in [1.29, 1.82) is 0 Å². The lowest BCUT2D eigenvalue weighted by atomic mass is 9.57. The number of likely N-dealkylation sites (tertiary alicyclic amines) is 1. The van der Waals surface area contributed by atoms with Gasteiger partial charge in [0.25, 0.3) is 17.4 Å². The Morgan fingerprint density at radius 1 is 0.833 bits per heavy atom. The van der Waals surface area contributed by atoms with Gasteiger partial charge in [0.15, 0.2) is 0 Å². The molecule has 6 amide bonds. The van der Waals surface area contributed by atoms with Crippen molar-refractivity contribution in [2.75, 3.05) is 98.7 Å². The summed E-state index contributed by atoms with van der Waals surface area (Å²) in [6.45, 7) is 9.98. The van der Waals surface area contributed by atoms with Gasteiger partial charge in [0.05, 0.1) is 37.5 Å². The third-order valence-electron chi connectivity index (χ3n) is 14.7. The van der Waals surface area contributed by atoms with Crippen LogP contribution in [0.3, 0.4) is 0 Å². The van der Waals surface area contributed by atoms with E-state index in [1.165, 1.54) is 0 Å². The molecular formula is C49H63N9O8. The summed E-state index contributed by atoms with van der Waals surface area (Å²) in [7, 11) is 9.08. The molecule has 4 fully saturated rings. The Hall–Kier alpha value is -5.78. The minimum absolute atomic E-state index is 0.0827. The Balaban J connectivity index is 0.678. The molecule has 3 aromatic rings. The zero-order valence-electron chi connectivity index (χ0n) is 39.0. The largest absolute Gasteiger partial charge is 0.496 e. The Morgan fingerprint density at radius 2 is 1.52 bits per heavy atom. The molecule has 6 aliphatic rings. The van der Waals surface area contributed by atoms with E-state index < -0.39 is 23.8 Å².